The van der Waals surface area contributed by atoms with Crippen LogP contribution < -0.4 is 0 Å². The van der Waals surface area contributed by atoms with Crippen LogP contribution in [0.2, 0.25) is 0 Å². The molecule has 0 amide bonds. The summed E-state index contributed by atoms with van der Waals surface area (Å²) in [6.45, 7) is 1.81. The molecule has 0 fully saturated rings. The lowest BCUT2D eigenvalue weighted by Gasteiger charge is -2.05. The van der Waals surface area contributed by atoms with Crippen LogP contribution in [0.1, 0.15) is 6.92 Å². The second-order valence-corrected chi connectivity index (χ2v) is 1.21. The fraction of sp³-hybridized carbons (Fsp3) is 1.00. The van der Waals surface area contributed by atoms with Crippen LogP contribution in [0.25, 0.3) is 0 Å². The van der Waals surface area contributed by atoms with Crippen LogP contribution in [-0.2, 0) is 8.53 Å². The van der Waals surface area contributed by atoms with Crippen molar-refractivity contribution in [3.05, 3.63) is 0 Å². The summed E-state index contributed by atoms with van der Waals surface area (Å²) in [5, 5.41) is 0. The standard InChI is InChI=1S/C3H7O2.Al/c1-3(4)5-2;/h3H,1-2H3;/q-1;+1. The lowest BCUT2D eigenvalue weighted by molar-refractivity contribution is -0.0334. The molecule has 0 aromatic heterocycles. The minimum atomic E-state index is -0.102. The van der Waals surface area contributed by atoms with E-state index in [1.807, 2.05) is 6.92 Å². The lowest BCUT2D eigenvalue weighted by Crippen LogP contribution is -2.06. The van der Waals surface area contributed by atoms with Crippen molar-refractivity contribution in [2.24, 2.45) is 0 Å². The second-order valence-electron chi connectivity index (χ2n) is 0.939. The summed E-state index contributed by atoms with van der Waals surface area (Å²) in [7, 11) is 1.59. The number of hydrogen-bond acceptors (Lipinski definition) is 2. The van der Waals surface area contributed by atoms with E-state index in [1.165, 1.54) is 0 Å². The maximum Gasteiger partial charge on any atom is 0.373 e. The largest absolute Gasteiger partial charge is 0.495 e. The van der Waals surface area contributed by atoms with Crippen molar-refractivity contribution >= 4 is 16.6 Å². The van der Waals surface area contributed by atoms with E-state index in [9.17, 15) is 0 Å². The van der Waals surface area contributed by atoms with Crippen LogP contribution in [0.15, 0.2) is 0 Å². The highest BCUT2D eigenvalue weighted by Crippen LogP contribution is 1.82. The maximum absolute atomic E-state index is 4.66. The summed E-state index contributed by atoms with van der Waals surface area (Å²) in [6.07, 6.45) is -0.102. The van der Waals surface area contributed by atoms with Crippen molar-refractivity contribution in [2.75, 3.05) is 7.11 Å². The summed E-state index contributed by atoms with van der Waals surface area (Å²) in [5.41, 5.74) is 0. The Morgan fingerprint density at radius 1 is 1.67 bits per heavy atom. The molecule has 2 radical (unpaired) electrons. The fourth-order valence-corrected chi connectivity index (χ4v) is 0.167. The van der Waals surface area contributed by atoms with Crippen molar-refractivity contribution in [1.29, 1.82) is 0 Å². The number of rotatable bonds is 2. The molecule has 0 heterocycles. The fourth-order valence-electron chi connectivity index (χ4n) is 0.0556. The van der Waals surface area contributed by atoms with Gasteiger partial charge in [-0.2, -0.15) is 0 Å². The highest BCUT2D eigenvalue weighted by molar-refractivity contribution is 5.98. The van der Waals surface area contributed by atoms with E-state index in [4.69, 9.17) is 0 Å². The molecular weight excluding hydrogens is 95.0 g/mol. The molecule has 0 spiro atoms. The molecule has 0 saturated carbocycles. The molecule has 0 aromatic carbocycles. The van der Waals surface area contributed by atoms with Crippen molar-refractivity contribution in [1.82, 2.24) is 0 Å². The smallest absolute Gasteiger partial charge is 0.373 e. The van der Waals surface area contributed by atoms with Gasteiger partial charge in [-0.05, 0) is 6.92 Å². The summed E-state index contributed by atoms with van der Waals surface area (Å²) in [4.78, 5) is 0. The van der Waals surface area contributed by atoms with E-state index < -0.39 is 0 Å². The van der Waals surface area contributed by atoms with Crippen molar-refractivity contribution < 1.29 is 8.53 Å². The normalized spacial score (nSPS) is 14.3. The number of methoxy groups -OCH3 is 1. The Morgan fingerprint density at radius 3 is 2.17 bits per heavy atom. The van der Waals surface area contributed by atoms with Gasteiger partial charge in [0.05, 0.1) is 0 Å². The SMILES string of the molecule is COC(C)[O][Al]. The first-order valence-electron chi connectivity index (χ1n) is 1.69. The Labute approximate surface area is 46.2 Å². The molecule has 0 aliphatic heterocycles. The van der Waals surface area contributed by atoms with Gasteiger partial charge in [-0.1, -0.05) is 0 Å². The topological polar surface area (TPSA) is 18.5 Å². The van der Waals surface area contributed by atoms with Gasteiger partial charge >= 0.3 is 16.6 Å². The van der Waals surface area contributed by atoms with Gasteiger partial charge in [0.2, 0.25) is 0 Å². The third-order valence-corrected chi connectivity index (χ3v) is 0.907. The molecule has 0 aliphatic carbocycles. The Balaban J connectivity index is 2.75. The van der Waals surface area contributed by atoms with Crippen LogP contribution in [0.4, 0.5) is 0 Å². The van der Waals surface area contributed by atoms with Crippen LogP contribution in [-0.4, -0.2) is 30.0 Å². The van der Waals surface area contributed by atoms with Gasteiger partial charge in [-0.3, -0.25) is 0 Å². The average Bonchev–Trinajstić information content (AvgIpc) is 1.65. The molecule has 0 bridgehead atoms. The molecule has 0 aliphatic rings. The van der Waals surface area contributed by atoms with Gasteiger partial charge < -0.3 is 8.53 Å². The molecule has 0 N–H and O–H groups in total. The monoisotopic (exact) mass is 102 g/mol. The highest BCUT2D eigenvalue weighted by atomic mass is 27.1. The summed E-state index contributed by atoms with van der Waals surface area (Å²) in [6, 6.07) is 0. The first kappa shape index (κ1) is 6.45. The second kappa shape index (κ2) is 3.64. The number of ether oxygens (including phenoxy) is 1. The highest BCUT2D eigenvalue weighted by Gasteiger charge is 1.86. The molecule has 1 unspecified atom stereocenters. The third-order valence-electron chi connectivity index (χ3n) is 0.524. The minimum absolute atomic E-state index is 0.102. The zero-order chi connectivity index (χ0) is 4.99. The van der Waals surface area contributed by atoms with Gasteiger partial charge in [0, 0.05) is 7.11 Å². The van der Waals surface area contributed by atoms with Gasteiger partial charge in [-0.15, -0.1) is 0 Å². The van der Waals surface area contributed by atoms with Crippen LogP contribution >= 0.6 is 0 Å². The summed E-state index contributed by atoms with van der Waals surface area (Å²) >= 11 is 2.11. The van der Waals surface area contributed by atoms with Crippen molar-refractivity contribution in [3.8, 4) is 0 Å². The quantitative estimate of drug-likeness (QED) is 0.363. The molecule has 3 heteroatoms. The molecule has 34 valence electrons. The molecule has 0 saturated heterocycles. The van der Waals surface area contributed by atoms with E-state index in [0.29, 0.717) is 0 Å². The van der Waals surface area contributed by atoms with E-state index in [-0.39, 0.29) is 6.29 Å². The van der Waals surface area contributed by atoms with Crippen molar-refractivity contribution in [3.63, 3.8) is 0 Å². The van der Waals surface area contributed by atoms with Crippen LogP contribution in [0, 0.1) is 0 Å². The van der Waals surface area contributed by atoms with E-state index in [2.05, 4.69) is 25.1 Å². The van der Waals surface area contributed by atoms with E-state index >= 15 is 0 Å². The average molecular weight is 102 g/mol. The Kier molecular flexibility index (Phi) is 3.91. The Morgan fingerprint density at radius 2 is 2.17 bits per heavy atom. The Bertz CT molecular complexity index is 28.0. The predicted molar refractivity (Wildman–Crippen MR) is 23.3 cm³/mol. The zero-order valence-corrected chi connectivity index (χ0v) is 5.13. The molecule has 0 rings (SSSR count). The van der Waals surface area contributed by atoms with Gasteiger partial charge in [0.25, 0.3) is 0 Å². The predicted octanol–water partition coefficient (Wildman–Crippen LogP) is 0.0789. The van der Waals surface area contributed by atoms with Crippen LogP contribution in [0.5, 0.6) is 0 Å². The molecule has 1 atom stereocenters. The molecule has 2 nitrogen and oxygen atoms in total. The molecular formula is C3H7AlO2. The minimum Gasteiger partial charge on any atom is -0.495 e. The van der Waals surface area contributed by atoms with Crippen molar-refractivity contribution in [2.45, 2.75) is 13.2 Å². The Hall–Kier alpha value is 0.452. The first-order chi connectivity index (χ1) is 2.81. The molecule has 6 heavy (non-hydrogen) atoms. The third kappa shape index (κ3) is 2.68. The number of hydrogen-bond donors (Lipinski definition) is 0. The molecule has 0 aromatic rings. The van der Waals surface area contributed by atoms with E-state index in [1.54, 1.807) is 7.11 Å². The first-order valence-corrected chi connectivity index (χ1v) is 2.16. The lowest BCUT2D eigenvalue weighted by atomic mass is 10.8. The summed E-state index contributed by atoms with van der Waals surface area (Å²) < 4.78 is 9.25. The maximum atomic E-state index is 4.66. The summed E-state index contributed by atoms with van der Waals surface area (Å²) in [5.74, 6) is 0. The van der Waals surface area contributed by atoms with E-state index in [0.717, 1.165) is 0 Å². The van der Waals surface area contributed by atoms with Gasteiger partial charge in [-0.25, -0.2) is 0 Å². The van der Waals surface area contributed by atoms with Gasteiger partial charge in [0.1, 0.15) is 6.29 Å². The van der Waals surface area contributed by atoms with Gasteiger partial charge in [0.15, 0.2) is 0 Å². The zero-order valence-electron chi connectivity index (χ0n) is 3.97. The van der Waals surface area contributed by atoms with Crippen LogP contribution in [0.3, 0.4) is 0 Å².